The lowest BCUT2D eigenvalue weighted by Crippen LogP contribution is -2.64. The van der Waals surface area contributed by atoms with Crippen LogP contribution in [0.4, 0.5) is 0 Å². The van der Waals surface area contributed by atoms with Gasteiger partial charge in [0.1, 0.15) is 42.7 Å². The predicted octanol–water partition coefficient (Wildman–Crippen LogP) is 9.53. The van der Waals surface area contributed by atoms with E-state index < -0.39 is 63.1 Å². The fourth-order valence-corrected chi connectivity index (χ4v) is 8.31. The Morgan fingerprint density at radius 3 is 1.41 bits per heavy atom. The summed E-state index contributed by atoms with van der Waals surface area (Å²) in [5.41, 5.74) is 0. The van der Waals surface area contributed by atoms with Crippen LogP contribution in [0.15, 0.2) is 12.2 Å². The van der Waals surface area contributed by atoms with Crippen molar-refractivity contribution >= 4 is 13.8 Å². The number of rotatable bonds is 40. The molecule has 0 aromatic heterocycles. The van der Waals surface area contributed by atoms with Crippen LogP contribution in [0.1, 0.15) is 206 Å². The average molecular weight is 851 g/mol. The van der Waals surface area contributed by atoms with E-state index in [9.17, 15) is 39.8 Å². The van der Waals surface area contributed by atoms with Crippen molar-refractivity contribution in [3.8, 4) is 0 Å². The Bertz CT molecular complexity index is 1020. The van der Waals surface area contributed by atoms with Gasteiger partial charge >= 0.3 is 13.8 Å². The molecule has 58 heavy (non-hydrogen) atoms. The Morgan fingerprint density at radius 2 is 0.931 bits per heavy atom. The summed E-state index contributed by atoms with van der Waals surface area (Å²) in [6.45, 7) is 4.23. The summed E-state index contributed by atoms with van der Waals surface area (Å²) in [7, 11) is -5.01. The largest absolute Gasteiger partial charge is 0.472 e. The second kappa shape index (κ2) is 36.7. The molecule has 13 heteroatoms. The number of aliphatic hydroxyl groups is 5. The third kappa shape index (κ3) is 28.6. The maximum absolute atomic E-state index is 12.8. The first kappa shape index (κ1) is 55.1. The van der Waals surface area contributed by atoms with E-state index >= 15 is 0 Å². The van der Waals surface area contributed by atoms with Crippen molar-refractivity contribution in [2.75, 3.05) is 19.8 Å². The smallest absolute Gasteiger partial charge is 0.457 e. The first-order chi connectivity index (χ1) is 28.0. The number of aliphatic hydroxyl groups excluding tert-OH is 5. The zero-order valence-electron chi connectivity index (χ0n) is 36.6. The van der Waals surface area contributed by atoms with Crippen LogP contribution in [0.5, 0.6) is 0 Å². The quantitative estimate of drug-likeness (QED) is 0.0148. The maximum atomic E-state index is 12.8. The summed E-state index contributed by atoms with van der Waals surface area (Å²) in [5.74, 6) is -0.476. The first-order valence-electron chi connectivity index (χ1n) is 23.5. The van der Waals surface area contributed by atoms with Crippen molar-refractivity contribution in [2.24, 2.45) is 0 Å². The van der Waals surface area contributed by atoms with E-state index in [1.807, 2.05) is 0 Å². The minimum Gasteiger partial charge on any atom is -0.457 e. The van der Waals surface area contributed by atoms with Crippen LogP contribution in [0, 0.1) is 0 Å². The molecule has 1 aliphatic carbocycles. The summed E-state index contributed by atoms with van der Waals surface area (Å²) in [5, 5.41) is 50.1. The molecule has 1 fully saturated rings. The molecular formula is C45H87O12P. The fourth-order valence-electron chi connectivity index (χ4n) is 7.34. The van der Waals surface area contributed by atoms with Crippen molar-refractivity contribution in [1.29, 1.82) is 0 Å². The zero-order chi connectivity index (χ0) is 42.7. The van der Waals surface area contributed by atoms with Gasteiger partial charge in [-0.1, -0.05) is 180 Å². The topological polar surface area (TPSA) is 192 Å². The zero-order valence-corrected chi connectivity index (χ0v) is 37.5. The Hall–Kier alpha value is -0.920. The van der Waals surface area contributed by atoms with Crippen molar-refractivity contribution in [3.05, 3.63) is 12.2 Å². The number of hydrogen-bond acceptors (Lipinski definition) is 11. The number of unbranched alkanes of at least 4 members (excludes halogenated alkanes) is 26. The van der Waals surface area contributed by atoms with Gasteiger partial charge in [-0.2, -0.15) is 0 Å². The molecule has 0 heterocycles. The van der Waals surface area contributed by atoms with Crippen LogP contribution in [-0.2, 0) is 27.9 Å². The van der Waals surface area contributed by atoms with Gasteiger partial charge in [0.05, 0.1) is 13.2 Å². The number of carbonyl (C=O) groups excluding carboxylic acids is 1. The van der Waals surface area contributed by atoms with Crippen LogP contribution in [-0.4, -0.2) is 98.9 Å². The van der Waals surface area contributed by atoms with Crippen molar-refractivity contribution in [3.63, 3.8) is 0 Å². The van der Waals surface area contributed by atoms with Gasteiger partial charge in [-0.15, -0.1) is 0 Å². The minimum absolute atomic E-state index is 0.0758. The maximum Gasteiger partial charge on any atom is 0.472 e. The molecule has 12 nitrogen and oxygen atoms in total. The van der Waals surface area contributed by atoms with Crippen LogP contribution in [0.3, 0.4) is 0 Å². The highest BCUT2D eigenvalue weighted by Gasteiger charge is 2.51. The Kier molecular flexibility index (Phi) is 34.9. The van der Waals surface area contributed by atoms with E-state index in [4.69, 9.17) is 18.5 Å². The van der Waals surface area contributed by atoms with Crippen molar-refractivity contribution in [1.82, 2.24) is 0 Å². The lowest BCUT2D eigenvalue weighted by molar-refractivity contribution is -0.220. The molecular weight excluding hydrogens is 763 g/mol. The van der Waals surface area contributed by atoms with E-state index in [1.54, 1.807) is 0 Å². The van der Waals surface area contributed by atoms with Gasteiger partial charge in [-0.05, 0) is 32.1 Å². The summed E-state index contributed by atoms with van der Waals surface area (Å²) in [6.07, 6.45) is 27.1. The monoisotopic (exact) mass is 851 g/mol. The number of esters is 1. The highest BCUT2D eigenvalue weighted by molar-refractivity contribution is 7.47. The average Bonchev–Trinajstić information content (AvgIpc) is 3.21. The van der Waals surface area contributed by atoms with Crippen LogP contribution < -0.4 is 0 Å². The standard InChI is InChI=1S/C45H87O12P/c1-3-5-7-9-11-13-15-17-18-19-20-21-22-23-24-26-28-30-32-34-39(46)56-38(36-54-35-33-31-29-27-25-16-14-12-10-8-6-4-2)37-55-58(52,53)57-45-43(50)41(48)40(47)42(49)44(45)51/h10,12,38,40-45,47-51H,3-9,11,13-37H2,1-2H3,(H,52,53)/b12-10-. The van der Waals surface area contributed by atoms with E-state index in [1.165, 1.54) is 122 Å². The molecule has 0 aliphatic heterocycles. The lowest BCUT2D eigenvalue weighted by atomic mass is 9.85. The molecule has 0 amide bonds. The number of ether oxygens (including phenoxy) is 2. The van der Waals surface area contributed by atoms with E-state index in [0.29, 0.717) is 13.0 Å². The molecule has 0 aromatic carbocycles. The minimum atomic E-state index is -5.01. The van der Waals surface area contributed by atoms with E-state index in [2.05, 4.69) is 26.0 Å². The van der Waals surface area contributed by atoms with Gasteiger partial charge in [0, 0.05) is 13.0 Å². The van der Waals surface area contributed by atoms with Gasteiger partial charge in [0.25, 0.3) is 0 Å². The number of carbonyl (C=O) groups is 1. The Balaban J connectivity index is 2.35. The molecule has 0 aromatic rings. The predicted molar refractivity (Wildman–Crippen MR) is 230 cm³/mol. The third-order valence-corrected chi connectivity index (χ3v) is 12.1. The van der Waals surface area contributed by atoms with Gasteiger partial charge in [0.15, 0.2) is 0 Å². The Morgan fingerprint density at radius 1 is 0.534 bits per heavy atom. The summed E-state index contributed by atoms with van der Waals surface area (Å²) in [6, 6.07) is 0. The lowest BCUT2D eigenvalue weighted by Gasteiger charge is -2.41. The van der Waals surface area contributed by atoms with Crippen LogP contribution >= 0.6 is 7.82 Å². The summed E-state index contributed by atoms with van der Waals surface area (Å²) < 4.78 is 34.2. The molecule has 0 radical (unpaired) electrons. The van der Waals surface area contributed by atoms with E-state index in [-0.39, 0.29) is 13.0 Å². The second-order valence-electron chi connectivity index (χ2n) is 16.6. The van der Waals surface area contributed by atoms with Crippen LogP contribution in [0.2, 0.25) is 0 Å². The second-order valence-corrected chi connectivity index (χ2v) is 18.0. The van der Waals surface area contributed by atoms with Gasteiger partial charge in [-0.25, -0.2) is 4.57 Å². The van der Waals surface area contributed by atoms with E-state index in [0.717, 1.165) is 57.8 Å². The Labute approximate surface area is 352 Å². The molecule has 344 valence electrons. The van der Waals surface area contributed by atoms with Crippen molar-refractivity contribution in [2.45, 2.75) is 249 Å². The normalized spacial score (nSPS) is 22.7. The van der Waals surface area contributed by atoms with Gasteiger partial charge < -0.3 is 39.9 Å². The molecule has 1 aliphatic rings. The SMILES string of the molecule is CCCC/C=C\CCCCCCCCOCC(COP(=O)(O)OC1C(O)C(O)C(O)C(O)C1O)OC(=O)CCCCCCCCCCCCCCCCCCCCC. The first-order valence-corrected chi connectivity index (χ1v) is 25.0. The fraction of sp³-hybridized carbons (Fsp3) is 0.933. The summed E-state index contributed by atoms with van der Waals surface area (Å²) >= 11 is 0. The molecule has 1 rings (SSSR count). The number of hydrogen-bond donors (Lipinski definition) is 6. The number of allylic oxidation sites excluding steroid dienone is 2. The molecule has 6 unspecified atom stereocenters. The van der Waals surface area contributed by atoms with Crippen molar-refractivity contribution < 1.29 is 58.3 Å². The van der Waals surface area contributed by atoms with Gasteiger partial charge in [-0.3, -0.25) is 13.8 Å². The number of phosphoric ester groups is 1. The highest BCUT2D eigenvalue weighted by Crippen LogP contribution is 2.47. The molecule has 1 saturated carbocycles. The van der Waals surface area contributed by atoms with Crippen LogP contribution in [0.25, 0.3) is 0 Å². The molecule has 0 saturated heterocycles. The summed E-state index contributed by atoms with van der Waals surface area (Å²) in [4.78, 5) is 23.1. The van der Waals surface area contributed by atoms with Gasteiger partial charge in [0.2, 0.25) is 0 Å². The highest BCUT2D eigenvalue weighted by atomic mass is 31.2. The molecule has 6 N–H and O–H groups in total. The molecule has 0 spiro atoms. The number of phosphoric acid groups is 1. The third-order valence-electron chi connectivity index (χ3n) is 11.1. The molecule has 6 atom stereocenters. The molecule has 0 bridgehead atoms.